The van der Waals surface area contributed by atoms with E-state index in [4.69, 9.17) is 68.4 Å². The van der Waals surface area contributed by atoms with Gasteiger partial charge < -0.3 is 56.8 Å². The molecule has 3 fully saturated rings. The highest BCUT2D eigenvalue weighted by atomic mass is 35.5. The number of hydrogen-bond acceptors (Lipinski definition) is 17. The third-order valence-corrected chi connectivity index (χ3v) is 13.5. The molecule has 7 aromatic carbocycles. The van der Waals surface area contributed by atoms with Gasteiger partial charge in [-0.15, -0.1) is 11.6 Å². The lowest BCUT2D eigenvalue weighted by Gasteiger charge is -2.50. The predicted molar refractivity (Wildman–Crippen MR) is 289 cm³/mol. The SMILES string of the molecule is O=C(OC[C@H]1O[C@@H](Oc2ccc(OCCCCl)cc2)[C@H](OC(=O)c2ccccc2)[C@@H](OC(=O)c2ccccc2)[C@@H]1O[C@@H]1O[C@@H]2COC(c3ccccc3)O[C@@H]2[C@H](OC(=O)c2ccccc2)[C@H]1OC(=O)c1ccccc1)c1ccccc1. The molecule has 416 valence electrons. The van der Waals surface area contributed by atoms with Crippen LogP contribution < -0.4 is 9.47 Å². The summed E-state index contributed by atoms with van der Waals surface area (Å²) in [4.78, 5) is 71.8. The quantitative estimate of drug-likeness (QED) is 0.0302. The molecule has 0 spiro atoms. The Morgan fingerprint density at radius 1 is 0.444 bits per heavy atom. The van der Waals surface area contributed by atoms with E-state index in [1.807, 2.05) is 18.2 Å². The van der Waals surface area contributed by atoms with Gasteiger partial charge in [0.25, 0.3) is 0 Å². The first kappa shape index (κ1) is 55.9. The van der Waals surface area contributed by atoms with Gasteiger partial charge >= 0.3 is 29.8 Å². The summed E-state index contributed by atoms with van der Waals surface area (Å²) in [6, 6.07) is 56.0. The van der Waals surface area contributed by atoms with Crippen molar-refractivity contribution < 1.29 is 80.8 Å². The van der Waals surface area contributed by atoms with Gasteiger partial charge in [-0.05, 0) is 91.3 Å². The number of halogens is 1. The van der Waals surface area contributed by atoms with Crippen LogP contribution in [0.2, 0.25) is 0 Å². The minimum absolute atomic E-state index is 0.0916. The molecule has 10 rings (SSSR count). The molecular formula is C63H55ClO17. The molecule has 3 heterocycles. The van der Waals surface area contributed by atoms with Gasteiger partial charge in [-0.2, -0.15) is 0 Å². The summed E-state index contributed by atoms with van der Waals surface area (Å²) in [6.07, 6.45) is -16.0. The number of hydrogen-bond donors (Lipinski definition) is 0. The average molecular weight is 1120 g/mol. The number of benzene rings is 7. The summed E-state index contributed by atoms with van der Waals surface area (Å²) < 4.78 is 77.5. The van der Waals surface area contributed by atoms with Gasteiger partial charge in [0.15, 0.2) is 30.9 Å². The van der Waals surface area contributed by atoms with E-state index in [9.17, 15) is 24.0 Å². The monoisotopic (exact) mass is 1120 g/mol. The van der Waals surface area contributed by atoms with E-state index in [1.54, 1.807) is 152 Å². The lowest BCUT2D eigenvalue weighted by Crippen LogP contribution is -2.68. The Hall–Kier alpha value is -8.42. The second kappa shape index (κ2) is 27.2. The standard InChI is InChI=1S/C63H55ClO17/c64-36-19-37-70-46-32-34-47(35-33-46)73-62-54(78-59(68)43-26-13-4-14-27-43)53(77-58(67)42-24-11-3-12-25-42)51(48(74-62)38-71-56(65)40-20-7-1-8-21-40)81-63-55(79-60(69)44-28-15-5-16-29-44)52(76-57(66)41-22-9-2-10-23-41)50-49(75-63)39-72-61(80-50)45-30-17-6-18-31-45/h1-18,20-35,48-55,61-63H,19,36-39H2/t48-,49-,50+,51-,52+,53+,54-,55-,61?,62-,63+/m1/s1. The van der Waals surface area contributed by atoms with Crippen LogP contribution in [0, 0.1) is 0 Å². The molecule has 18 heteroatoms. The Morgan fingerprint density at radius 2 is 0.877 bits per heavy atom. The van der Waals surface area contributed by atoms with E-state index < -0.39 is 104 Å². The first-order valence-electron chi connectivity index (χ1n) is 26.2. The molecule has 0 aromatic heterocycles. The minimum atomic E-state index is -1.79. The highest BCUT2D eigenvalue weighted by Gasteiger charge is 2.59. The normalized spacial score (nSPS) is 24.0. The van der Waals surface area contributed by atoms with Gasteiger partial charge in [0.2, 0.25) is 12.4 Å². The van der Waals surface area contributed by atoms with Gasteiger partial charge in [0, 0.05) is 11.4 Å². The number of carbonyl (C=O) groups is 5. The van der Waals surface area contributed by atoms with Crippen LogP contribution in [-0.2, 0) is 47.4 Å². The van der Waals surface area contributed by atoms with Crippen molar-refractivity contribution >= 4 is 41.4 Å². The smallest absolute Gasteiger partial charge is 0.338 e. The number of ether oxygens (including phenoxy) is 12. The maximum atomic E-state index is 14.6. The zero-order valence-corrected chi connectivity index (χ0v) is 44.1. The van der Waals surface area contributed by atoms with Gasteiger partial charge in [0.1, 0.15) is 42.5 Å². The molecule has 0 aliphatic carbocycles. The fraction of sp³-hybridized carbons (Fsp3) is 0.254. The van der Waals surface area contributed by atoms with Crippen molar-refractivity contribution in [3.63, 3.8) is 0 Å². The van der Waals surface area contributed by atoms with Crippen molar-refractivity contribution in [1.82, 2.24) is 0 Å². The van der Waals surface area contributed by atoms with Crippen LogP contribution in [0.3, 0.4) is 0 Å². The van der Waals surface area contributed by atoms with Crippen LogP contribution >= 0.6 is 11.6 Å². The number of fused-ring (bicyclic) bond motifs is 1. The molecule has 3 aliphatic rings. The van der Waals surface area contributed by atoms with Gasteiger partial charge in [-0.3, -0.25) is 0 Å². The van der Waals surface area contributed by atoms with Crippen molar-refractivity contribution in [2.45, 2.75) is 74.1 Å². The van der Waals surface area contributed by atoms with E-state index in [2.05, 4.69) is 0 Å². The average Bonchev–Trinajstić information content (AvgIpc) is 3.70. The Bertz CT molecular complexity index is 3160. The van der Waals surface area contributed by atoms with Gasteiger partial charge in [0.05, 0.1) is 41.0 Å². The van der Waals surface area contributed by atoms with Crippen LogP contribution in [0.1, 0.15) is 70.1 Å². The largest absolute Gasteiger partial charge is 0.494 e. The zero-order valence-electron chi connectivity index (χ0n) is 43.3. The van der Waals surface area contributed by atoms with Crippen LogP contribution in [0.5, 0.6) is 11.5 Å². The summed E-state index contributed by atoms with van der Waals surface area (Å²) in [5, 5.41) is 0. The molecule has 3 saturated heterocycles. The van der Waals surface area contributed by atoms with Crippen molar-refractivity contribution in [1.29, 1.82) is 0 Å². The van der Waals surface area contributed by atoms with Crippen LogP contribution in [0.25, 0.3) is 0 Å². The van der Waals surface area contributed by atoms with Crippen molar-refractivity contribution in [2.75, 3.05) is 25.7 Å². The van der Waals surface area contributed by atoms with Crippen LogP contribution in [-0.4, -0.2) is 117 Å². The third-order valence-electron chi connectivity index (χ3n) is 13.3. The van der Waals surface area contributed by atoms with Crippen LogP contribution in [0.4, 0.5) is 0 Å². The fourth-order valence-electron chi connectivity index (χ4n) is 9.25. The number of carbonyl (C=O) groups excluding carboxylic acids is 5. The molecule has 0 N–H and O–H groups in total. The van der Waals surface area contributed by atoms with E-state index in [-0.39, 0.29) is 40.2 Å². The van der Waals surface area contributed by atoms with Gasteiger partial charge in [-0.1, -0.05) is 121 Å². The Labute approximate surface area is 471 Å². The molecule has 0 radical (unpaired) electrons. The maximum absolute atomic E-state index is 14.6. The molecule has 81 heavy (non-hydrogen) atoms. The molecule has 0 saturated carbocycles. The van der Waals surface area contributed by atoms with E-state index in [0.717, 1.165) is 0 Å². The molecule has 0 amide bonds. The molecule has 1 unspecified atom stereocenters. The minimum Gasteiger partial charge on any atom is -0.494 e. The van der Waals surface area contributed by atoms with E-state index in [1.165, 1.54) is 36.4 Å². The zero-order chi connectivity index (χ0) is 55.9. The summed E-state index contributed by atoms with van der Waals surface area (Å²) in [6.45, 7) is -0.428. The van der Waals surface area contributed by atoms with E-state index in [0.29, 0.717) is 30.2 Å². The summed E-state index contributed by atoms with van der Waals surface area (Å²) in [5.41, 5.74) is 1.31. The van der Waals surface area contributed by atoms with Crippen LogP contribution in [0.15, 0.2) is 206 Å². The van der Waals surface area contributed by atoms with E-state index >= 15 is 0 Å². The molecule has 7 aromatic rings. The number of alkyl halides is 1. The molecule has 0 bridgehead atoms. The number of rotatable bonds is 20. The molecule has 11 atom stereocenters. The highest BCUT2D eigenvalue weighted by molar-refractivity contribution is 6.17. The molecule has 3 aliphatic heterocycles. The Kier molecular flexibility index (Phi) is 18.7. The summed E-state index contributed by atoms with van der Waals surface area (Å²) in [7, 11) is 0. The Morgan fingerprint density at radius 3 is 1.37 bits per heavy atom. The fourth-order valence-corrected chi connectivity index (χ4v) is 9.36. The van der Waals surface area contributed by atoms with Gasteiger partial charge in [-0.25, -0.2) is 24.0 Å². The topological polar surface area (TPSA) is 196 Å². The molecular weight excluding hydrogens is 1060 g/mol. The second-order valence-electron chi connectivity index (χ2n) is 18.8. The summed E-state index contributed by atoms with van der Waals surface area (Å²) >= 11 is 5.89. The Balaban J connectivity index is 1.09. The third kappa shape index (κ3) is 14.1. The lowest BCUT2D eigenvalue weighted by atomic mass is 9.95. The highest BCUT2D eigenvalue weighted by Crippen LogP contribution is 2.40. The second-order valence-corrected chi connectivity index (χ2v) is 19.1. The first-order chi connectivity index (χ1) is 39.7. The number of esters is 5. The lowest BCUT2D eigenvalue weighted by molar-refractivity contribution is -0.380. The van der Waals surface area contributed by atoms with Crippen molar-refractivity contribution in [2.24, 2.45) is 0 Å². The predicted octanol–water partition coefficient (Wildman–Crippen LogP) is 9.78. The summed E-state index contributed by atoms with van der Waals surface area (Å²) in [5.74, 6) is -3.12. The van der Waals surface area contributed by atoms with Crippen molar-refractivity contribution in [3.8, 4) is 11.5 Å². The first-order valence-corrected chi connectivity index (χ1v) is 26.7. The van der Waals surface area contributed by atoms with Crippen molar-refractivity contribution in [3.05, 3.63) is 240 Å². The maximum Gasteiger partial charge on any atom is 0.338 e. The molecule has 17 nitrogen and oxygen atoms in total.